The second kappa shape index (κ2) is 4.56. The molecule has 0 aromatic rings. The van der Waals surface area contributed by atoms with Crippen LogP contribution >= 0.6 is 0 Å². The van der Waals surface area contributed by atoms with Crippen molar-refractivity contribution in [3.05, 3.63) is 0 Å². The maximum Gasteiger partial charge on any atom is 0.250 e. The fourth-order valence-corrected chi connectivity index (χ4v) is 2.87. The Morgan fingerprint density at radius 1 is 1.33 bits per heavy atom. The molecule has 2 aliphatic rings. The van der Waals surface area contributed by atoms with Gasteiger partial charge in [0.25, 0.3) is 5.91 Å². The van der Waals surface area contributed by atoms with E-state index in [4.69, 9.17) is 11.5 Å². The summed E-state index contributed by atoms with van der Waals surface area (Å²) in [5.41, 5.74) is 9.68. The predicted molar refractivity (Wildman–Crippen MR) is 63.1 cm³/mol. The lowest BCUT2D eigenvalue weighted by Crippen LogP contribution is -2.77. The molecule has 0 aromatic carbocycles. The number of nitrogens with zero attached hydrogens (tertiary/aromatic N) is 2. The van der Waals surface area contributed by atoms with Crippen LogP contribution in [0.3, 0.4) is 0 Å². The van der Waals surface area contributed by atoms with E-state index in [9.17, 15) is 14.4 Å². The molecule has 7 heteroatoms. The quantitative estimate of drug-likeness (QED) is 0.569. The summed E-state index contributed by atoms with van der Waals surface area (Å²) in [5.74, 6) is -0.921. The topological polar surface area (TPSA) is 110 Å². The van der Waals surface area contributed by atoms with E-state index in [0.717, 1.165) is 12.8 Å². The number of carbonyl (C=O) groups excluding carboxylic acids is 3. The minimum absolute atomic E-state index is 0.0781. The van der Waals surface area contributed by atoms with Gasteiger partial charge in [-0.1, -0.05) is 0 Å². The highest BCUT2D eigenvalue weighted by Crippen LogP contribution is 2.37. The zero-order chi connectivity index (χ0) is 13.3. The zero-order valence-corrected chi connectivity index (χ0v) is 10.2. The molecule has 2 fully saturated rings. The van der Waals surface area contributed by atoms with E-state index >= 15 is 0 Å². The Balaban J connectivity index is 2.12. The number of primary amides is 1. The monoisotopic (exact) mass is 254 g/mol. The molecule has 0 bridgehead atoms. The summed E-state index contributed by atoms with van der Waals surface area (Å²) in [4.78, 5) is 37.8. The molecule has 2 saturated heterocycles. The largest absolute Gasteiger partial charge is 0.368 e. The van der Waals surface area contributed by atoms with Gasteiger partial charge >= 0.3 is 0 Å². The number of nitrogens with two attached hydrogens (primary N) is 2. The van der Waals surface area contributed by atoms with Crippen molar-refractivity contribution in [1.82, 2.24) is 9.80 Å². The average Bonchev–Trinajstić information content (AvgIpc) is 2.37. The lowest BCUT2D eigenvalue weighted by Gasteiger charge is -2.56. The van der Waals surface area contributed by atoms with Crippen molar-refractivity contribution in [2.45, 2.75) is 24.8 Å². The second-order valence-corrected chi connectivity index (χ2v) is 4.87. The van der Waals surface area contributed by atoms with Crippen LogP contribution in [0, 0.1) is 0 Å². The molecule has 18 heavy (non-hydrogen) atoms. The van der Waals surface area contributed by atoms with Gasteiger partial charge in [0.1, 0.15) is 5.54 Å². The van der Waals surface area contributed by atoms with Crippen molar-refractivity contribution in [1.29, 1.82) is 0 Å². The van der Waals surface area contributed by atoms with Crippen molar-refractivity contribution in [2.24, 2.45) is 11.5 Å². The van der Waals surface area contributed by atoms with E-state index in [2.05, 4.69) is 0 Å². The fraction of sp³-hybridized carbons (Fsp3) is 0.727. The number of piperidine rings is 1. The number of carbonyl (C=O) groups is 3. The highest BCUT2D eigenvalue weighted by atomic mass is 16.2. The Hall–Kier alpha value is -1.63. The summed E-state index contributed by atoms with van der Waals surface area (Å²) in [7, 11) is 0. The summed E-state index contributed by atoms with van der Waals surface area (Å²) in [6.07, 6.45) is 2.44. The second-order valence-electron chi connectivity index (χ2n) is 4.87. The van der Waals surface area contributed by atoms with Crippen molar-refractivity contribution >= 4 is 17.7 Å². The van der Waals surface area contributed by atoms with Crippen LogP contribution in [0.2, 0.25) is 0 Å². The average molecular weight is 254 g/mol. The molecular formula is C11H18N4O3. The molecule has 2 aliphatic heterocycles. The lowest BCUT2D eigenvalue weighted by molar-refractivity contribution is -0.175. The molecular weight excluding hydrogens is 236 g/mol. The van der Waals surface area contributed by atoms with Crippen LogP contribution in [0.4, 0.5) is 0 Å². The van der Waals surface area contributed by atoms with Crippen molar-refractivity contribution in [3.63, 3.8) is 0 Å². The van der Waals surface area contributed by atoms with Gasteiger partial charge in [0.15, 0.2) is 0 Å². The normalized spacial score (nSPS) is 27.3. The predicted octanol–water partition coefficient (Wildman–Crippen LogP) is -1.98. The van der Waals surface area contributed by atoms with Crippen LogP contribution < -0.4 is 11.5 Å². The van der Waals surface area contributed by atoms with E-state index in [1.807, 2.05) is 0 Å². The number of amides is 3. The van der Waals surface area contributed by atoms with Gasteiger partial charge in [0.05, 0.1) is 19.6 Å². The Morgan fingerprint density at radius 3 is 2.61 bits per heavy atom. The Morgan fingerprint density at radius 2 is 2.06 bits per heavy atom. The van der Waals surface area contributed by atoms with E-state index in [1.54, 1.807) is 4.90 Å². The smallest absolute Gasteiger partial charge is 0.250 e. The molecule has 4 N–H and O–H groups in total. The highest BCUT2D eigenvalue weighted by Gasteiger charge is 2.57. The molecule has 1 spiro atoms. The first-order chi connectivity index (χ1) is 8.51. The maximum absolute atomic E-state index is 12.2. The van der Waals surface area contributed by atoms with Gasteiger partial charge in [-0.3, -0.25) is 14.4 Å². The standard InChI is InChI=1S/C11H18N4O3/c12-5-9(17)15-4-2-1-3-11(15)7-14(10(11)18)6-8(13)16/h1-7,12H2,(H2,13,16). The summed E-state index contributed by atoms with van der Waals surface area (Å²) < 4.78 is 0. The first-order valence-electron chi connectivity index (χ1n) is 6.09. The first-order valence-corrected chi connectivity index (χ1v) is 6.09. The number of hydrogen-bond donors (Lipinski definition) is 2. The SMILES string of the molecule is NCC(=O)N1CCCCC12CN(CC(N)=O)C2=O. The molecule has 2 heterocycles. The van der Waals surface area contributed by atoms with E-state index < -0.39 is 11.4 Å². The van der Waals surface area contributed by atoms with Gasteiger partial charge in [0, 0.05) is 6.54 Å². The molecule has 1 unspecified atom stereocenters. The fourth-order valence-electron chi connectivity index (χ4n) is 2.87. The third kappa shape index (κ3) is 1.84. The van der Waals surface area contributed by atoms with Gasteiger partial charge < -0.3 is 21.3 Å². The van der Waals surface area contributed by atoms with E-state index in [1.165, 1.54) is 4.90 Å². The molecule has 0 aliphatic carbocycles. The van der Waals surface area contributed by atoms with Crippen LogP contribution in [-0.4, -0.2) is 59.2 Å². The molecule has 1 atom stereocenters. The molecule has 0 radical (unpaired) electrons. The van der Waals surface area contributed by atoms with Gasteiger partial charge in [-0.2, -0.15) is 0 Å². The molecule has 2 rings (SSSR count). The van der Waals surface area contributed by atoms with Crippen LogP contribution in [0.5, 0.6) is 0 Å². The highest BCUT2D eigenvalue weighted by molar-refractivity contribution is 5.99. The van der Waals surface area contributed by atoms with Crippen LogP contribution in [0.15, 0.2) is 0 Å². The number of hydrogen-bond acceptors (Lipinski definition) is 4. The maximum atomic E-state index is 12.2. The summed E-state index contributed by atoms with van der Waals surface area (Å²) >= 11 is 0. The molecule has 0 saturated carbocycles. The van der Waals surface area contributed by atoms with Crippen LogP contribution in [0.25, 0.3) is 0 Å². The van der Waals surface area contributed by atoms with Gasteiger partial charge in [-0.05, 0) is 19.3 Å². The summed E-state index contributed by atoms with van der Waals surface area (Å²) in [6.45, 7) is 0.781. The molecule has 100 valence electrons. The van der Waals surface area contributed by atoms with E-state index in [0.29, 0.717) is 19.5 Å². The summed E-state index contributed by atoms with van der Waals surface area (Å²) in [5, 5.41) is 0. The van der Waals surface area contributed by atoms with Crippen LogP contribution in [0.1, 0.15) is 19.3 Å². The third-order valence-electron chi connectivity index (χ3n) is 3.70. The first kappa shape index (κ1) is 12.8. The van der Waals surface area contributed by atoms with Gasteiger partial charge in [0.2, 0.25) is 11.8 Å². The number of rotatable bonds is 3. The Kier molecular flexibility index (Phi) is 3.25. The Bertz CT molecular complexity index is 398. The number of β-lactam (4-membered cyclic amide) rings is 1. The third-order valence-corrected chi connectivity index (χ3v) is 3.70. The minimum atomic E-state index is -0.760. The number of likely N-dealkylation sites (tertiary alicyclic amines) is 2. The lowest BCUT2D eigenvalue weighted by atomic mass is 9.78. The van der Waals surface area contributed by atoms with E-state index in [-0.39, 0.29) is 24.9 Å². The molecule has 3 amide bonds. The molecule has 0 aromatic heterocycles. The minimum Gasteiger partial charge on any atom is -0.368 e. The zero-order valence-electron chi connectivity index (χ0n) is 10.2. The van der Waals surface area contributed by atoms with Crippen molar-refractivity contribution in [2.75, 3.05) is 26.2 Å². The van der Waals surface area contributed by atoms with Crippen molar-refractivity contribution in [3.8, 4) is 0 Å². The van der Waals surface area contributed by atoms with Gasteiger partial charge in [-0.25, -0.2) is 0 Å². The van der Waals surface area contributed by atoms with Crippen LogP contribution in [-0.2, 0) is 14.4 Å². The van der Waals surface area contributed by atoms with Gasteiger partial charge in [-0.15, -0.1) is 0 Å². The summed E-state index contributed by atoms with van der Waals surface area (Å²) in [6, 6.07) is 0. The van der Waals surface area contributed by atoms with Crippen molar-refractivity contribution < 1.29 is 14.4 Å². The molecule has 7 nitrogen and oxygen atoms in total. The Labute approximate surface area is 105 Å².